The van der Waals surface area contributed by atoms with Crippen molar-refractivity contribution in [3.8, 4) is 0 Å². The Morgan fingerprint density at radius 2 is 1.90 bits per heavy atom. The van der Waals surface area contributed by atoms with Gasteiger partial charge in [-0.2, -0.15) is 0 Å². The molecule has 0 aliphatic heterocycles. The lowest BCUT2D eigenvalue weighted by Crippen LogP contribution is -2.23. The number of rotatable bonds is 4. The first-order chi connectivity index (χ1) is 9.38. The third-order valence-electron chi connectivity index (χ3n) is 2.44. The maximum atomic E-state index is 13.0. The summed E-state index contributed by atoms with van der Waals surface area (Å²) in [5, 5.41) is 0. The van der Waals surface area contributed by atoms with Gasteiger partial charge in [0.05, 0.1) is 0 Å². The molecule has 0 aliphatic rings. The average molecular weight is 363 g/mol. The van der Waals surface area contributed by atoms with Gasteiger partial charge in [-0.05, 0) is 39.7 Å². The second kappa shape index (κ2) is 5.94. The molecule has 0 fully saturated rings. The van der Waals surface area contributed by atoms with E-state index in [1.807, 2.05) is 0 Å². The number of pyridine rings is 1. The number of hydrogen-bond donors (Lipinski definition) is 1. The van der Waals surface area contributed by atoms with Crippen LogP contribution in [-0.2, 0) is 16.6 Å². The van der Waals surface area contributed by atoms with Crippen LogP contribution in [-0.4, -0.2) is 13.4 Å². The fraction of sp³-hybridized carbons (Fsp3) is 0.0833. The summed E-state index contributed by atoms with van der Waals surface area (Å²) >= 11 is 3.12. The van der Waals surface area contributed by atoms with Crippen LogP contribution in [0.3, 0.4) is 0 Å². The highest BCUT2D eigenvalue weighted by atomic mass is 79.9. The molecule has 0 unspecified atom stereocenters. The van der Waals surface area contributed by atoms with E-state index in [2.05, 4.69) is 25.6 Å². The summed E-state index contributed by atoms with van der Waals surface area (Å²) in [5.41, 5.74) is 0.315. The predicted molar refractivity (Wildman–Crippen MR) is 72.3 cm³/mol. The van der Waals surface area contributed by atoms with Crippen molar-refractivity contribution in [1.82, 2.24) is 9.71 Å². The van der Waals surface area contributed by atoms with Gasteiger partial charge in [-0.1, -0.05) is 6.07 Å². The second-order valence-corrected chi connectivity index (χ2v) is 6.59. The summed E-state index contributed by atoms with van der Waals surface area (Å²) in [6.45, 7) is -0.147. The fourth-order valence-electron chi connectivity index (χ4n) is 1.45. The Morgan fingerprint density at radius 3 is 2.55 bits per heavy atom. The number of hydrogen-bond acceptors (Lipinski definition) is 3. The van der Waals surface area contributed by atoms with Crippen molar-refractivity contribution >= 4 is 26.0 Å². The molecule has 2 aromatic rings. The maximum Gasteiger partial charge on any atom is 0.242 e. The lowest BCUT2D eigenvalue weighted by molar-refractivity contribution is 0.506. The summed E-state index contributed by atoms with van der Waals surface area (Å²) < 4.78 is 52.5. The van der Waals surface area contributed by atoms with Gasteiger partial charge in [0.2, 0.25) is 10.0 Å². The molecule has 0 radical (unpaired) electrons. The fourth-order valence-corrected chi connectivity index (χ4v) is 2.97. The van der Waals surface area contributed by atoms with Gasteiger partial charge in [0.15, 0.2) is 11.6 Å². The SMILES string of the molecule is O=S(=O)(NCc1ccc(F)c(F)c1)c1cncc(Br)c1. The zero-order valence-electron chi connectivity index (χ0n) is 9.98. The van der Waals surface area contributed by atoms with Crippen LogP contribution in [0.25, 0.3) is 0 Å². The van der Waals surface area contributed by atoms with E-state index >= 15 is 0 Å². The number of aromatic nitrogens is 1. The molecule has 0 saturated heterocycles. The standard InChI is InChI=1S/C12H9BrF2N2O2S/c13-9-4-10(7-16-6-9)20(18,19)17-5-8-1-2-11(14)12(15)3-8/h1-4,6-7,17H,5H2. The molecular weight excluding hydrogens is 354 g/mol. The van der Waals surface area contributed by atoms with Crippen LogP contribution in [0.5, 0.6) is 0 Å². The van der Waals surface area contributed by atoms with Crippen LogP contribution in [0.15, 0.2) is 46.0 Å². The molecule has 0 amide bonds. The minimum atomic E-state index is -3.76. The number of benzene rings is 1. The van der Waals surface area contributed by atoms with Gasteiger partial charge in [0, 0.05) is 23.4 Å². The molecule has 0 spiro atoms. The number of halogens is 3. The Kier molecular flexibility index (Phi) is 4.46. The van der Waals surface area contributed by atoms with Crippen molar-refractivity contribution in [2.75, 3.05) is 0 Å². The van der Waals surface area contributed by atoms with Crippen LogP contribution >= 0.6 is 15.9 Å². The Bertz CT molecular complexity index is 738. The van der Waals surface area contributed by atoms with E-state index in [9.17, 15) is 17.2 Å². The first-order valence-electron chi connectivity index (χ1n) is 5.42. The molecule has 0 saturated carbocycles. The van der Waals surface area contributed by atoms with Gasteiger partial charge >= 0.3 is 0 Å². The topological polar surface area (TPSA) is 59.1 Å². The highest BCUT2D eigenvalue weighted by Gasteiger charge is 2.15. The molecule has 2 rings (SSSR count). The molecule has 0 bridgehead atoms. The van der Waals surface area contributed by atoms with E-state index in [1.165, 1.54) is 24.5 Å². The molecule has 1 aromatic carbocycles. The van der Waals surface area contributed by atoms with E-state index in [4.69, 9.17) is 0 Å². The molecule has 1 aromatic heterocycles. The number of nitrogens with zero attached hydrogens (tertiary/aromatic N) is 1. The molecular formula is C12H9BrF2N2O2S. The third-order valence-corrected chi connectivity index (χ3v) is 4.24. The van der Waals surface area contributed by atoms with Crippen molar-refractivity contribution in [2.45, 2.75) is 11.4 Å². The molecule has 0 atom stereocenters. The van der Waals surface area contributed by atoms with Crippen molar-refractivity contribution in [2.24, 2.45) is 0 Å². The Morgan fingerprint density at radius 1 is 1.15 bits per heavy atom. The molecule has 8 heteroatoms. The molecule has 1 heterocycles. The lowest BCUT2D eigenvalue weighted by Gasteiger charge is -2.07. The van der Waals surface area contributed by atoms with Crippen molar-refractivity contribution in [3.05, 3.63) is 58.3 Å². The normalized spacial score (nSPS) is 11.6. The van der Waals surface area contributed by atoms with E-state index < -0.39 is 21.7 Å². The molecule has 1 N–H and O–H groups in total. The highest BCUT2D eigenvalue weighted by Crippen LogP contribution is 2.15. The monoisotopic (exact) mass is 362 g/mol. The van der Waals surface area contributed by atoms with Crippen LogP contribution in [0.1, 0.15) is 5.56 Å². The number of nitrogens with one attached hydrogen (secondary N) is 1. The van der Waals surface area contributed by atoms with Crippen LogP contribution in [0.4, 0.5) is 8.78 Å². The van der Waals surface area contributed by atoms with Gasteiger partial charge in [0.1, 0.15) is 4.90 Å². The number of sulfonamides is 1. The average Bonchev–Trinajstić information content (AvgIpc) is 2.40. The Balaban J connectivity index is 2.15. The van der Waals surface area contributed by atoms with Gasteiger partial charge in [-0.3, -0.25) is 4.98 Å². The predicted octanol–water partition coefficient (Wildman–Crippen LogP) is 2.60. The summed E-state index contributed by atoms with van der Waals surface area (Å²) in [6.07, 6.45) is 2.65. The van der Waals surface area contributed by atoms with E-state index in [1.54, 1.807) is 0 Å². The zero-order chi connectivity index (χ0) is 14.8. The summed E-state index contributed by atoms with van der Waals surface area (Å²) in [4.78, 5) is 3.74. The first-order valence-corrected chi connectivity index (χ1v) is 7.70. The van der Waals surface area contributed by atoms with E-state index in [-0.39, 0.29) is 11.4 Å². The second-order valence-electron chi connectivity index (χ2n) is 3.91. The van der Waals surface area contributed by atoms with Crippen molar-refractivity contribution < 1.29 is 17.2 Å². The largest absolute Gasteiger partial charge is 0.262 e. The Labute approximate surface area is 123 Å². The van der Waals surface area contributed by atoms with Crippen LogP contribution in [0.2, 0.25) is 0 Å². The molecule has 4 nitrogen and oxygen atoms in total. The summed E-state index contributed by atoms with van der Waals surface area (Å²) in [7, 11) is -3.76. The minimum Gasteiger partial charge on any atom is -0.262 e. The van der Waals surface area contributed by atoms with Gasteiger partial charge < -0.3 is 0 Å². The van der Waals surface area contributed by atoms with Gasteiger partial charge in [0.25, 0.3) is 0 Å². The van der Waals surface area contributed by atoms with E-state index in [0.717, 1.165) is 12.1 Å². The third kappa shape index (κ3) is 3.59. The molecule has 0 aliphatic carbocycles. The summed E-state index contributed by atoms with van der Waals surface area (Å²) in [5.74, 6) is -2.00. The van der Waals surface area contributed by atoms with Gasteiger partial charge in [-0.25, -0.2) is 21.9 Å². The maximum absolute atomic E-state index is 13.0. The van der Waals surface area contributed by atoms with E-state index in [0.29, 0.717) is 10.0 Å². The smallest absolute Gasteiger partial charge is 0.242 e. The summed E-state index contributed by atoms with van der Waals surface area (Å²) in [6, 6.07) is 4.58. The zero-order valence-corrected chi connectivity index (χ0v) is 12.4. The Hall–Kier alpha value is -1.38. The molecule has 20 heavy (non-hydrogen) atoms. The van der Waals surface area contributed by atoms with Crippen LogP contribution < -0.4 is 4.72 Å². The minimum absolute atomic E-state index is 0.0190. The van der Waals surface area contributed by atoms with Crippen molar-refractivity contribution in [1.29, 1.82) is 0 Å². The van der Waals surface area contributed by atoms with Crippen molar-refractivity contribution in [3.63, 3.8) is 0 Å². The highest BCUT2D eigenvalue weighted by molar-refractivity contribution is 9.10. The first kappa shape index (κ1) is 15.0. The van der Waals surface area contributed by atoms with Crippen LogP contribution in [0, 0.1) is 11.6 Å². The quantitative estimate of drug-likeness (QED) is 0.909. The molecule has 106 valence electrons. The van der Waals surface area contributed by atoms with Gasteiger partial charge in [-0.15, -0.1) is 0 Å². The lowest BCUT2D eigenvalue weighted by atomic mass is 10.2.